The van der Waals surface area contributed by atoms with Crippen molar-refractivity contribution in [2.24, 2.45) is 0 Å². The van der Waals surface area contributed by atoms with Crippen molar-refractivity contribution >= 4 is 40.9 Å². The third kappa shape index (κ3) is 3.58. The van der Waals surface area contributed by atoms with Crippen LogP contribution in [0.15, 0.2) is 36.4 Å². The number of nitrogen functional groups attached to an aromatic ring is 2. The van der Waals surface area contributed by atoms with Crippen molar-refractivity contribution in [1.82, 2.24) is 0 Å². The Kier molecular flexibility index (Phi) is 4.52. The number of esters is 2. The molecule has 7 nitrogen and oxygen atoms in total. The molecule has 0 heterocycles. The van der Waals surface area contributed by atoms with Gasteiger partial charge in [0.25, 0.3) is 0 Å². The minimum atomic E-state index is -1.30. The van der Waals surface area contributed by atoms with Crippen LogP contribution in [0.3, 0.4) is 0 Å². The Morgan fingerprint density at radius 3 is 2.26 bits per heavy atom. The topological polar surface area (TPSA) is 133 Å². The van der Waals surface area contributed by atoms with E-state index >= 15 is 0 Å². The molecule has 23 heavy (non-hydrogen) atoms. The highest BCUT2D eigenvalue weighted by atomic mass is 35.5. The number of carboxylic acid groups (broad SMARTS) is 1. The molecular formula is C15H11ClN2O5. The maximum Gasteiger partial charge on any atom is 0.347 e. The predicted octanol–water partition coefficient (Wildman–Crippen LogP) is 2.20. The van der Waals surface area contributed by atoms with Crippen molar-refractivity contribution < 1.29 is 24.2 Å². The Morgan fingerprint density at radius 2 is 1.65 bits per heavy atom. The highest BCUT2D eigenvalue weighted by Crippen LogP contribution is 2.21. The molecule has 0 bridgehead atoms. The maximum absolute atomic E-state index is 11.9. The van der Waals surface area contributed by atoms with Crippen LogP contribution in [0.25, 0.3) is 0 Å². The van der Waals surface area contributed by atoms with E-state index < -0.39 is 17.9 Å². The summed E-state index contributed by atoms with van der Waals surface area (Å²) in [5, 5.41) is 9.00. The van der Waals surface area contributed by atoms with Crippen LogP contribution in [-0.2, 0) is 4.74 Å². The van der Waals surface area contributed by atoms with Gasteiger partial charge in [0.15, 0.2) is 0 Å². The molecular weight excluding hydrogens is 324 g/mol. The van der Waals surface area contributed by atoms with Gasteiger partial charge in [-0.2, -0.15) is 0 Å². The highest BCUT2D eigenvalue weighted by Gasteiger charge is 2.19. The lowest BCUT2D eigenvalue weighted by Gasteiger charge is -2.07. The van der Waals surface area contributed by atoms with Gasteiger partial charge < -0.3 is 21.3 Å². The molecule has 8 heteroatoms. The summed E-state index contributed by atoms with van der Waals surface area (Å²) in [5.41, 5.74) is 10.9. The Labute approximate surface area is 135 Å². The predicted molar refractivity (Wildman–Crippen MR) is 83.4 cm³/mol. The van der Waals surface area contributed by atoms with E-state index in [2.05, 4.69) is 4.74 Å². The van der Waals surface area contributed by atoms with Gasteiger partial charge >= 0.3 is 17.9 Å². The van der Waals surface area contributed by atoms with Gasteiger partial charge in [-0.3, -0.25) is 0 Å². The zero-order valence-corrected chi connectivity index (χ0v) is 12.3. The first-order valence-corrected chi connectivity index (χ1v) is 6.61. The summed E-state index contributed by atoms with van der Waals surface area (Å²) in [7, 11) is 0. The Morgan fingerprint density at radius 1 is 0.957 bits per heavy atom. The number of carbonyl (C=O) groups excluding carboxylic acids is 2. The molecule has 0 fully saturated rings. The fourth-order valence-corrected chi connectivity index (χ4v) is 2.03. The summed E-state index contributed by atoms with van der Waals surface area (Å²) in [6.07, 6.45) is 0. The molecule has 0 atom stereocenters. The number of ether oxygens (including phenoxy) is 1. The van der Waals surface area contributed by atoms with Gasteiger partial charge in [-0.25, -0.2) is 14.4 Å². The lowest BCUT2D eigenvalue weighted by atomic mass is 10.1. The fraction of sp³-hybridized carbons (Fsp3) is 0. The summed E-state index contributed by atoms with van der Waals surface area (Å²) < 4.78 is 4.68. The molecule has 2 aromatic carbocycles. The summed E-state index contributed by atoms with van der Waals surface area (Å²) in [6.45, 7) is 0. The van der Waals surface area contributed by atoms with Crippen molar-refractivity contribution in [3.8, 4) is 0 Å². The largest absolute Gasteiger partial charge is 0.478 e. The molecule has 0 saturated heterocycles. The summed E-state index contributed by atoms with van der Waals surface area (Å²) in [6, 6.07) is 7.60. The van der Waals surface area contributed by atoms with Crippen molar-refractivity contribution in [2.75, 3.05) is 11.5 Å². The Hall–Kier alpha value is -3.06. The molecule has 0 aliphatic carbocycles. The zero-order chi connectivity index (χ0) is 17.1. The van der Waals surface area contributed by atoms with E-state index in [1.54, 1.807) is 0 Å². The van der Waals surface area contributed by atoms with Gasteiger partial charge in [-0.15, -0.1) is 0 Å². The van der Waals surface area contributed by atoms with E-state index in [0.717, 1.165) is 6.07 Å². The number of carbonyl (C=O) groups is 3. The minimum Gasteiger partial charge on any atom is -0.478 e. The van der Waals surface area contributed by atoms with Gasteiger partial charge in [0.1, 0.15) is 0 Å². The molecule has 0 radical (unpaired) electrons. The normalized spacial score (nSPS) is 10.1. The lowest BCUT2D eigenvalue weighted by Crippen LogP contribution is -2.14. The molecule has 0 saturated carbocycles. The van der Waals surface area contributed by atoms with Crippen LogP contribution in [0.1, 0.15) is 31.1 Å². The van der Waals surface area contributed by atoms with Crippen LogP contribution in [0, 0.1) is 0 Å². The van der Waals surface area contributed by atoms with Crippen molar-refractivity contribution in [3.05, 3.63) is 58.1 Å². The van der Waals surface area contributed by atoms with E-state index in [1.165, 1.54) is 30.3 Å². The lowest BCUT2D eigenvalue weighted by molar-refractivity contribution is 0.0398. The highest BCUT2D eigenvalue weighted by molar-refractivity contribution is 6.34. The van der Waals surface area contributed by atoms with Crippen LogP contribution in [0.4, 0.5) is 11.4 Å². The SMILES string of the molecule is Nc1ccc(C(=O)OC(=O)c2ccc(N)c(C(=O)O)c2)c(Cl)c1. The number of halogens is 1. The Bertz CT molecular complexity index is 820. The standard InChI is InChI=1S/C15H11ClN2O5/c16-11-6-8(17)2-3-9(11)15(22)23-14(21)7-1-4-12(18)10(5-7)13(19)20/h1-6H,17-18H2,(H,19,20). The van der Waals surface area contributed by atoms with Gasteiger partial charge in [0.2, 0.25) is 0 Å². The van der Waals surface area contributed by atoms with Crippen LogP contribution in [0.2, 0.25) is 5.02 Å². The average molecular weight is 335 g/mol. The molecule has 0 spiro atoms. The van der Waals surface area contributed by atoms with Gasteiger partial charge in [0, 0.05) is 11.4 Å². The second kappa shape index (κ2) is 6.37. The molecule has 2 aromatic rings. The second-order valence-corrected chi connectivity index (χ2v) is 4.93. The number of hydrogen-bond donors (Lipinski definition) is 3. The summed E-state index contributed by atoms with van der Waals surface area (Å²) in [5.74, 6) is -3.30. The number of rotatable bonds is 3. The van der Waals surface area contributed by atoms with E-state index in [0.29, 0.717) is 5.69 Å². The van der Waals surface area contributed by atoms with Crippen LogP contribution in [-0.4, -0.2) is 23.0 Å². The van der Waals surface area contributed by atoms with Gasteiger partial charge in [-0.1, -0.05) is 11.6 Å². The van der Waals surface area contributed by atoms with Crippen molar-refractivity contribution in [2.45, 2.75) is 0 Å². The maximum atomic E-state index is 11.9. The molecule has 118 valence electrons. The first kappa shape index (κ1) is 16.3. The number of benzene rings is 2. The monoisotopic (exact) mass is 334 g/mol. The Balaban J connectivity index is 2.23. The second-order valence-electron chi connectivity index (χ2n) is 4.52. The summed E-state index contributed by atoms with van der Waals surface area (Å²) in [4.78, 5) is 34.9. The van der Waals surface area contributed by atoms with Crippen molar-refractivity contribution in [1.29, 1.82) is 0 Å². The van der Waals surface area contributed by atoms with Gasteiger partial charge in [0.05, 0.1) is 21.7 Å². The molecule has 0 unspecified atom stereocenters. The van der Waals surface area contributed by atoms with E-state index in [1.807, 2.05) is 0 Å². The van der Waals surface area contributed by atoms with E-state index in [-0.39, 0.29) is 27.4 Å². The number of anilines is 2. The zero-order valence-electron chi connectivity index (χ0n) is 11.6. The first-order chi connectivity index (χ1) is 10.8. The number of aromatic carboxylic acids is 1. The molecule has 0 aliphatic rings. The quantitative estimate of drug-likeness (QED) is 0.445. The molecule has 5 N–H and O–H groups in total. The molecule has 2 rings (SSSR count). The van der Waals surface area contributed by atoms with Crippen LogP contribution >= 0.6 is 11.6 Å². The summed E-state index contributed by atoms with van der Waals surface area (Å²) >= 11 is 5.86. The molecule has 0 amide bonds. The number of carboxylic acids is 1. The van der Waals surface area contributed by atoms with E-state index in [9.17, 15) is 14.4 Å². The third-order valence-electron chi connectivity index (χ3n) is 2.92. The smallest absolute Gasteiger partial charge is 0.347 e. The van der Waals surface area contributed by atoms with Gasteiger partial charge in [-0.05, 0) is 36.4 Å². The van der Waals surface area contributed by atoms with Crippen LogP contribution in [0.5, 0.6) is 0 Å². The average Bonchev–Trinajstić information content (AvgIpc) is 2.46. The molecule has 0 aromatic heterocycles. The van der Waals surface area contributed by atoms with Crippen LogP contribution < -0.4 is 11.5 Å². The minimum absolute atomic E-state index is 0.0121. The number of hydrogen-bond acceptors (Lipinski definition) is 6. The van der Waals surface area contributed by atoms with Crippen molar-refractivity contribution in [3.63, 3.8) is 0 Å². The fourth-order valence-electron chi connectivity index (χ4n) is 1.76. The molecule has 0 aliphatic heterocycles. The number of nitrogens with two attached hydrogens (primary N) is 2. The van der Waals surface area contributed by atoms with E-state index in [4.69, 9.17) is 28.2 Å². The first-order valence-electron chi connectivity index (χ1n) is 6.24. The third-order valence-corrected chi connectivity index (χ3v) is 3.23.